The molecular formula is C62H90N2O14. The van der Waals surface area contributed by atoms with Crippen molar-refractivity contribution in [3.63, 3.8) is 0 Å². The molecule has 22 atom stereocenters. The predicted molar refractivity (Wildman–Crippen MR) is 286 cm³/mol. The molecule has 78 heavy (non-hydrogen) atoms. The van der Waals surface area contributed by atoms with E-state index >= 15 is 0 Å². The number of hydrogen-bond acceptors (Lipinski definition) is 14. The minimum Gasteiger partial charge on any atom is -0.460 e. The van der Waals surface area contributed by atoms with Gasteiger partial charge in [0.05, 0.1) is 35.5 Å². The Labute approximate surface area is 461 Å². The number of aliphatic hydroxyl groups excluding tert-OH is 4. The monoisotopic (exact) mass is 1090 g/mol. The number of ether oxygens (including phenoxy) is 4. The van der Waals surface area contributed by atoms with E-state index < -0.39 is 84.5 Å². The van der Waals surface area contributed by atoms with Crippen LogP contribution in [0.4, 0.5) is 0 Å². The highest BCUT2D eigenvalue weighted by atomic mass is 16.6. The molecule has 0 saturated heterocycles. The van der Waals surface area contributed by atoms with E-state index in [-0.39, 0.29) is 105 Å². The van der Waals surface area contributed by atoms with Crippen LogP contribution in [0.3, 0.4) is 0 Å². The topological polar surface area (TPSA) is 244 Å². The summed E-state index contributed by atoms with van der Waals surface area (Å²) >= 11 is 0. The van der Waals surface area contributed by atoms with Gasteiger partial charge in [0.2, 0.25) is 11.8 Å². The molecule has 6 N–H and O–H groups in total. The van der Waals surface area contributed by atoms with Crippen molar-refractivity contribution in [2.24, 2.45) is 92.7 Å². The van der Waals surface area contributed by atoms with Gasteiger partial charge in [-0.1, -0.05) is 41.5 Å². The molecule has 16 nitrogen and oxygen atoms in total. The molecule has 1 aromatic rings. The molecule has 0 spiro atoms. The van der Waals surface area contributed by atoms with Crippen LogP contribution in [0.2, 0.25) is 0 Å². The standard InChI is InChI=1S/C62H90N2O14/c1-33-7-17-51(69)63-23-24-64-52(70)18-8-34(2)42-14-16-44-56-46(30-50(68)62(42,44)6)60(4)22-20-40(26-38(60)28-48(56)66)78-54(72)32-76-58(74)36-11-9-35(10-12-36)57(73)75-31-53(71)77-39-19-21-59(3)37(25-39)27-47(65)55-43-15-13-41(33)61(43,5)49(67)29-45(55)59/h9-12,33-34,37-50,55-56,65-68H,7-8,13-32H2,1-6H3,(H,63,69)(H,64,70)/t33-,34-,37?,38?,39-,40-,41-,42-,43+,44+,45+,46+,47-,48-,49+,50+,55+,56+,59+,60+,61-,62-/m1/s1. The second kappa shape index (κ2) is 22.3. The van der Waals surface area contributed by atoms with E-state index in [9.17, 15) is 49.2 Å². The summed E-state index contributed by atoms with van der Waals surface area (Å²) in [5, 5.41) is 54.5. The van der Waals surface area contributed by atoms with Gasteiger partial charge in [0.25, 0.3) is 0 Å². The molecule has 16 heteroatoms. The Balaban J connectivity index is 0.797. The highest BCUT2D eigenvalue weighted by molar-refractivity contribution is 5.94. The van der Waals surface area contributed by atoms with Crippen molar-refractivity contribution in [3.8, 4) is 0 Å². The van der Waals surface area contributed by atoms with E-state index in [1.165, 1.54) is 24.3 Å². The Hall–Kier alpha value is -4.12. The van der Waals surface area contributed by atoms with Crippen LogP contribution >= 0.6 is 0 Å². The molecule has 8 aliphatic heterocycles. The van der Waals surface area contributed by atoms with Crippen LogP contribution in [0, 0.1) is 92.7 Å². The highest BCUT2D eigenvalue weighted by Gasteiger charge is 2.68. The first-order valence-corrected chi connectivity index (χ1v) is 30.1. The van der Waals surface area contributed by atoms with Crippen LogP contribution in [0.5, 0.6) is 0 Å². The molecule has 2 amide bonds. The molecule has 432 valence electrons. The minimum absolute atomic E-state index is 0.0317. The number of esters is 4. The molecule has 0 radical (unpaired) electrons. The molecule has 1 aromatic carbocycles. The van der Waals surface area contributed by atoms with Gasteiger partial charge in [0, 0.05) is 25.9 Å². The van der Waals surface area contributed by atoms with E-state index in [1.54, 1.807) is 0 Å². The van der Waals surface area contributed by atoms with Gasteiger partial charge in [-0.3, -0.25) is 9.59 Å². The van der Waals surface area contributed by atoms with Gasteiger partial charge in [0.15, 0.2) is 13.2 Å². The van der Waals surface area contributed by atoms with Gasteiger partial charge in [0.1, 0.15) is 12.2 Å². The van der Waals surface area contributed by atoms with Crippen LogP contribution in [0.25, 0.3) is 0 Å². The zero-order valence-electron chi connectivity index (χ0n) is 47.1. The molecule has 0 aromatic heterocycles. The smallest absolute Gasteiger partial charge is 0.344 e. The Morgan fingerprint density at radius 2 is 0.846 bits per heavy atom. The molecule has 16 aliphatic rings. The van der Waals surface area contributed by atoms with Crippen LogP contribution in [-0.2, 0) is 38.1 Å². The summed E-state index contributed by atoms with van der Waals surface area (Å²) in [4.78, 5) is 78.7. The van der Waals surface area contributed by atoms with Crippen molar-refractivity contribution in [1.29, 1.82) is 0 Å². The average Bonchev–Trinajstić information content (AvgIpc) is 4.16. The zero-order chi connectivity index (χ0) is 55.6. The second-order valence-electron chi connectivity index (χ2n) is 27.4. The van der Waals surface area contributed by atoms with Gasteiger partial charge >= 0.3 is 23.9 Å². The maximum atomic E-state index is 13.2. The fourth-order valence-corrected chi connectivity index (χ4v) is 19.7. The van der Waals surface area contributed by atoms with Crippen LogP contribution in [0.15, 0.2) is 24.3 Å². The molecule has 8 heterocycles. The molecule has 8 saturated carbocycles. The van der Waals surface area contributed by atoms with E-state index in [2.05, 4.69) is 52.2 Å². The van der Waals surface area contributed by atoms with Gasteiger partial charge in [-0.25, -0.2) is 19.2 Å². The maximum absolute atomic E-state index is 13.2. The second-order valence-corrected chi connectivity index (χ2v) is 27.4. The van der Waals surface area contributed by atoms with Crippen molar-refractivity contribution in [2.75, 3.05) is 26.3 Å². The number of fused-ring (bicyclic) bond motifs is 1. The third kappa shape index (κ3) is 10.3. The van der Waals surface area contributed by atoms with Crippen molar-refractivity contribution in [2.45, 2.75) is 194 Å². The summed E-state index contributed by atoms with van der Waals surface area (Å²) in [5.41, 5.74) is -0.926. The van der Waals surface area contributed by atoms with Gasteiger partial charge in [-0.15, -0.1) is 0 Å². The molecular weight excluding hydrogens is 997 g/mol. The molecule has 8 fully saturated rings. The lowest BCUT2D eigenvalue weighted by molar-refractivity contribution is -0.210. The number of amides is 2. The van der Waals surface area contributed by atoms with Crippen LogP contribution < -0.4 is 10.6 Å². The average molecular weight is 1090 g/mol. The van der Waals surface area contributed by atoms with Crippen molar-refractivity contribution >= 4 is 35.7 Å². The first kappa shape index (κ1) is 57.1. The number of nitrogens with one attached hydrogen (secondary N) is 2. The number of carbonyl (C=O) groups is 6. The third-order valence-electron chi connectivity index (χ3n) is 24.0. The molecule has 2 unspecified atom stereocenters. The first-order chi connectivity index (χ1) is 37.1. The van der Waals surface area contributed by atoms with Crippen LogP contribution in [-0.4, -0.2) is 119 Å². The van der Waals surface area contributed by atoms with Crippen molar-refractivity contribution in [1.82, 2.24) is 10.6 Å². The summed E-state index contributed by atoms with van der Waals surface area (Å²) in [7, 11) is 0. The van der Waals surface area contributed by atoms with Gasteiger partial charge in [-0.05, 0) is 220 Å². The van der Waals surface area contributed by atoms with E-state index in [0.29, 0.717) is 90.1 Å². The Kier molecular flexibility index (Phi) is 16.3. The normalized spacial score (nSPS) is 46.9. The quantitative estimate of drug-likeness (QED) is 0.112. The van der Waals surface area contributed by atoms with Crippen molar-refractivity contribution < 1.29 is 68.1 Å². The SMILES string of the molecule is C[C@@H]1CCC(=O)NCCNC(=O)CC[C@@H](C)[C@H]2CC[C@H]3[C@@H]4[C@H](O)CC5C[C@@H](CC[C@]5(C)[C@H]4C[C@H](O)[C@]23C)OC(=O)COC(=O)c2ccc(cc2)C(=O)OCC(=O)O[C@@H]2CC[C@@]3(C)C(C2)C[C@@H](O)[C@H]2[C@@H]4CC[C@H]1[C@@]4(C)[C@@H](O)C[C@@H]23. The molecule has 18 bridgehead atoms. The van der Waals surface area contributed by atoms with Gasteiger partial charge in [-0.2, -0.15) is 0 Å². The Morgan fingerprint density at radius 1 is 0.474 bits per heavy atom. The lowest BCUT2D eigenvalue weighted by Crippen LogP contribution is -2.62. The number of aliphatic hydroxyl groups is 4. The van der Waals surface area contributed by atoms with Crippen LogP contribution in [0.1, 0.15) is 178 Å². The number of benzene rings is 1. The number of hydrogen-bond donors (Lipinski definition) is 6. The minimum atomic E-state index is -0.775. The van der Waals surface area contributed by atoms with E-state index in [4.69, 9.17) is 18.9 Å². The lowest BCUT2D eigenvalue weighted by atomic mass is 9.43. The third-order valence-corrected chi connectivity index (χ3v) is 24.0. The number of carbonyl (C=O) groups excluding carboxylic acids is 6. The summed E-state index contributed by atoms with van der Waals surface area (Å²) in [6, 6.07) is 5.53. The summed E-state index contributed by atoms with van der Waals surface area (Å²) < 4.78 is 22.4. The largest absolute Gasteiger partial charge is 0.460 e. The molecule has 8 aliphatic carbocycles. The fraction of sp³-hybridized carbons (Fsp3) is 0.806. The van der Waals surface area contributed by atoms with Gasteiger partial charge < -0.3 is 50.0 Å². The summed E-state index contributed by atoms with van der Waals surface area (Å²) in [6.45, 7) is 12.9. The molecule has 17 rings (SSSR count). The van der Waals surface area contributed by atoms with Crippen molar-refractivity contribution in [3.05, 3.63) is 35.4 Å². The van der Waals surface area contributed by atoms with E-state index in [0.717, 1.165) is 38.5 Å². The summed E-state index contributed by atoms with van der Waals surface area (Å²) in [5.74, 6) is -1.63. The van der Waals surface area contributed by atoms with E-state index in [1.807, 2.05) is 0 Å². The fourth-order valence-electron chi connectivity index (χ4n) is 19.7. The number of rotatable bonds is 0. The summed E-state index contributed by atoms with van der Waals surface area (Å²) in [6.07, 6.45) is 8.86. The highest BCUT2D eigenvalue weighted by Crippen LogP contribution is 2.70. The lowest BCUT2D eigenvalue weighted by Gasteiger charge is -2.63. The zero-order valence-corrected chi connectivity index (χ0v) is 47.1. The Morgan fingerprint density at radius 3 is 1.23 bits per heavy atom. The Bertz CT molecular complexity index is 2250. The first-order valence-electron chi connectivity index (χ1n) is 30.1. The predicted octanol–water partition coefficient (Wildman–Crippen LogP) is 7.10. The maximum Gasteiger partial charge on any atom is 0.344 e.